The molecule has 0 aliphatic rings. The minimum Gasteiger partial charge on any atom is -0.510 e. The molecule has 0 aromatic carbocycles. The third-order valence-corrected chi connectivity index (χ3v) is 1.07. The molecule has 0 aliphatic carbocycles. The average Bonchev–Trinajstić information content (AvgIpc) is 1.89. The van der Waals surface area contributed by atoms with E-state index in [4.69, 9.17) is 15.9 Å². The molecular weight excluding hydrogens is 130 g/mol. The molecule has 3 nitrogen and oxygen atoms in total. The van der Waals surface area contributed by atoms with Gasteiger partial charge in [-0.3, -0.25) is 0 Å². The monoisotopic (exact) mass is 143 g/mol. The van der Waals surface area contributed by atoms with Gasteiger partial charge in [0.05, 0.1) is 0 Å². The maximum Gasteiger partial charge on any atom is 0.121 e. The number of allylic oxidation sites excluding steroid dienone is 2. The minimum atomic E-state index is -0.844. The van der Waals surface area contributed by atoms with Crippen LogP contribution < -0.4 is 5.73 Å². The van der Waals surface area contributed by atoms with Gasteiger partial charge in [0.25, 0.3) is 0 Å². The zero-order valence-electron chi connectivity index (χ0n) is 5.83. The van der Waals surface area contributed by atoms with Crippen LogP contribution in [0.15, 0.2) is 24.5 Å². The third-order valence-electron chi connectivity index (χ3n) is 1.07. The second kappa shape index (κ2) is 5.02. The molecule has 1 unspecified atom stereocenters. The van der Waals surface area contributed by atoms with Crippen LogP contribution in [0.25, 0.3) is 0 Å². The molecule has 0 amide bonds. The first-order valence-electron chi connectivity index (χ1n) is 3.12. The van der Waals surface area contributed by atoms with Crippen LogP contribution in [0.5, 0.6) is 0 Å². The van der Waals surface area contributed by atoms with Gasteiger partial charge in [0.1, 0.15) is 11.9 Å². The molecule has 0 aromatic rings. The van der Waals surface area contributed by atoms with Crippen molar-refractivity contribution in [3.8, 4) is 0 Å². The smallest absolute Gasteiger partial charge is 0.121 e. The second-order valence-electron chi connectivity index (χ2n) is 1.92. The topological polar surface area (TPSA) is 66.5 Å². The molecule has 0 bridgehead atoms. The van der Waals surface area contributed by atoms with E-state index < -0.39 is 6.10 Å². The molecule has 0 radical (unpaired) electrons. The Morgan fingerprint density at radius 3 is 2.70 bits per heavy atom. The highest BCUT2D eigenvalue weighted by molar-refractivity contribution is 5.06. The molecular formula is C7H13NO2. The largest absolute Gasteiger partial charge is 0.510 e. The van der Waals surface area contributed by atoms with E-state index in [1.165, 1.54) is 12.2 Å². The summed E-state index contributed by atoms with van der Waals surface area (Å²) in [6, 6.07) is 0. The van der Waals surface area contributed by atoms with Gasteiger partial charge in [0, 0.05) is 0 Å². The van der Waals surface area contributed by atoms with Crippen LogP contribution in [0, 0.1) is 0 Å². The maximum atomic E-state index is 9.00. The predicted octanol–water partition coefficient (Wildman–Crippen LogP) is 0.324. The van der Waals surface area contributed by atoms with Gasteiger partial charge in [-0.25, -0.2) is 0 Å². The fourth-order valence-corrected chi connectivity index (χ4v) is 0.538. The lowest BCUT2D eigenvalue weighted by molar-refractivity contribution is 0.147. The van der Waals surface area contributed by atoms with Crippen LogP contribution >= 0.6 is 0 Å². The number of aliphatic hydroxyl groups excluding tert-OH is 2. The summed E-state index contributed by atoms with van der Waals surface area (Å²) in [5.41, 5.74) is 5.14. The van der Waals surface area contributed by atoms with Crippen molar-refractivity contribution in [2.24, 2.45) is 5.73 Å². The van der Waals surface area contributed by atoms with Crippen LogP contribution in [-0.2, 0) is 0 Å². The summed E-state index contributed by atoms with van der Waals surface area (Å²) >= 11 is 0. The number of aliphatic hydroxyl groups is 2. The minimum absolute atomic E-state index is 0.0829. The maximum absolute atomic E-state index is 9.00. The molecule has 0 fully saturated rings. The van der Waals surface area contributed by atoms with Crippen molar-refractivity contribution < 1.29 is 10.2 Å². The molecule has 58 valence electrons. The Balaban J connectivity index is 3.80. The van der Waals surface area contributed by atoms with Crippen LogP contribution in [0.1, 0.15) is 6.42 Å². The van der Waals surface area contributed by atoms with Crippen molar-refractivity contribution >= 4 is 0 Å². The number of hydrogen-bond donors (Lipinski definition) is 3. The Morgan fingerprint density at radius 1 is 1.70 bits per heavy atom. The van der Waals surface area contributed by atoms with E-state index in [9.17, 15) is 0 Å². The van der Waals surface area contributed by atoms with Gasteiger partial charge in [-0.2, -0.15) is 0 Å². The number of hydrogen-bond acceptors (Lipinski definition) is 3. The molecule has 0 spiro atoms. The third kappa shape index (κ3) is 3.27. The van der Waals surface area contributed by atoms with E-state index in [1.807, 2.05) is 0 Å². The van der Waals surface area contributed by atoms with Crippen molar-refractivity contribution in [3.05, 3.63) is 24.5 Å². The summed E-state index contributed by atoms with van der Waals surface area (Å²) in [6.07, 6.45) is 2.29. The van der Waals surface area contributed by atoms with Crippen LogP contribution in [0.3, 0.4) is 0 Å². The van der Waals surface area contributed by atoms with Crippen molar-refractivity contribution in [3.63, 3.8) is 0 Å². The van der Waals surface area contributed by atoms with E-state index in [2.05, 4.69) is 6.58 Å². The van der Waals surface area contributed by atoms with Crippen LogP contribution in [0.2, 0.25) is 0 Å². The highest BCUT2D eigenvalue weighted by atomic mass is 16.3. The molecule has 0 saturated heterocycles. The van der Waals surface area contributed by atoms with Gasteiger partial charge >= 0.3 is 0 Å². The van der Waals surface area contributed by atoms with E-state index in [0.717, 1.165) is 0 Å². The highest BCUT2D eigenvalue weighted by Gasteiger charge is 2.05. The fraction of sp³-hybridized carbons (Fsp3) is 0.429. The lowest BCUT2D eigenvalue weighted by atomic mass is 10.2. The quantitative estimate of drug-likeness (QED) is 0.392. The first-order valence-corrected chi connectivity index (χ1v) is 3.12. The molecule has 0 aliphatic heterocycles. The Bertz CT molecular complexity index is 132. The van der Waals surface area contributed by atoms with Gasteiger partial charge in [-0.1, -0.05) is 12.7 Å². The Labute approximate surface area is 60.5 Å². The van der Waals surface area contributed by atoms with Crippen molar-refractivity contribution in [2.45, 2.75) is 12.5 Å². The Hall–Kier alpha value is -0.800. The molecule has 4 N–H and O–H groups in total. The van der Waals surface area contributed by atoms with Gasteiger partial charge in [0.15, 0.2) is 0 Å². The van der Waals surface area contributed by atoms with Gasteiger partial charge < -0.3 is 15.9 Å². The number of nitrogens with two attached hydrogens (primary N) is 1. The lowest BCUT2D eigenvalue weighted by Gasteiger charge is -2.06. The summed E-state index contributed by atoms with van der Waals surface area (Å²) in [7, 11) is 0. The molecule has 1 atom stereocenters. The molecule has 10 heavy (non-hydrogen) atoms. The fourth-order valence-electron chi connectivity index (χ4n) is 0.538. The summed E-state index contributed by atoms with van der Waals surface area (Å²) in [5, 5.41) is 17.9. The molecule has 0 heterocycles. The zero-order chi connectivity index (χ0) is 7.98. The summed E-state index contributed by atoms with van der Waals surface area (Å²) in [6.45, 7) is 3.72. The van der Waals surface area contributed by atoms with Gasteiger partial charge in [-0.05, 0) is 19.0 Å². The molecule has 0 aromatic heterocycles. The van der Waals surface area contributed by atoms with Crippen molar-refractivity contribution in [2.75, 3.05) is 6.54 Å². The zero-order valence-corrected chi connectivity index (χ0v) is 5.83. The second-order valence-corrected chi connectivity index (χ2v) is 1.92. The van der Waals surface area contributed by atoms with E-state index >= 15 is 0 Å². The molecule has 0 saturated carbocycles. The van der Waals surface area contributed by atoms with Gasteiger partial charge in [0.2, 0.25) is 0 Å². The molecule has 0 rings (SSSR count). The van der Waals surface area contributed by atoms with Gasteiger partial charge in [-0.15, -0.1) is 0 Å². The SMILES string of the molecule is C=C/C=C(/O)C(O)CCN. The van der Waals surface area contributed by atoms with Crippen LogP contribution in [0.4, 0.5) is 0 Å². The summed E-state index contributed by atoms with van der Waals surface area (Å²) in [4.78, 5) is 0. The first kappa shape index (κ1) is 9.20. The van der Waals surface area contributed by atoms with Crippen molar-refractivity contribution in [1.29, 1.82) is 0 Å². The standard InChI is InChI=1S/C7H13NO2/c1-2-3-6(9)7(10)4-5-8/h2-3,7,9-10H,1,4-5,8H2/b6-3+. The summed E-state index contributed by atoms with van der Waals surface area (Å²) < 4.78 is 0. The average molecular weight is 143 g/mol. The van der Waals surface area contributed by atoms with E-state index in [1.54, 1.807) is 0 Å². The predicted molar refractivity (Wildman–Crippen MR) is 40.6 cm³/mol. The number of rotatable bonds is 4. The Morgan fingerprint density at radius 2 is 2.30 bits per heavy atom. The van der Waals surface area contributed by atoms with Crippen molar-refractivity contribution in [1.82, 2.24) is 0 Å². The normalized spacial score (nSPS) is 14.8. The Kier molecular flexibility index (Phi) is 4.62. The highest BCUT2D eigenvalue weighted by Crippen LogP contribution is 2.00. The van der Waals surface area contributed by atoms with E-state index in [-0.39, 0.29) is 5.76 Å². The molecule has 3 heteroatoms. The summed E-state index contributed by atoms with van der Waals surface area (Å²) in [5.74, 6) is -0.0829. The first-order chi connectivity index (χ1) is 4.72. The van der Waals surface area contributed by atoms with E-state index in [0.29, 0.717) is 13.0 Å². The van der Waals surface area contributed by atoms with Crippen LogP contribution in [-0.4, -0.2) is 22.9 Å². The lowest BCUT2D eigenvalue weighted by Crippen LogP contribution is -2.15.